The van der Waals surface area contributed by atoms with Gasteiger partial charge in [0.1, 0.15) is 11.5 Å². The van der Waals surface area contributed by atoms with Crippen LogP contribution in [0.1, 0.15) is 25.0 Å². The van der Waals surface area contributed by atoms with Gasteiger partial charge in [0.05, 0.1) is 13.2 Å². The Morgan fingerprint density at radius 1 is 1.60 bits per heavy atom. The van der Waals surface area contributed by atoms with Crippen molar-refractivity contribution in [1.29, 1.82) is 0 Å². The fraction of sp³-hybridized carbons (Fsp3) is 0.364. The second kappa shape index (κ2) is 5.28. The van der Waals surface area contributed by atoms with Gasteiger partial charge in [-0.1, -0.05) is 15.9 Å². The average molecular weight is 273 g/mol. The summed E-state index contributed by atoms with van der Waals surface area (Å²) in [6, 6.07) is 5.33. The Hall–Kier alpha value is -0.870. The molecule has 0 bridgehead atoms. The van der Waals surface area contributed by atoms with Gasteiger partial charge >= 0.3 is 0 Å². The monoisotopic (exact) mass is 272 g/mol. The van der Waals surface area contributed by atoms with Gasteiger partial charge in [-0.2, -0.15) is 0 Å². The first-order chi connectivity index (χ1) is 7.04. The maximum Gasteiger partial charge on any atom is 0.132 e. The average Bonchev–Trinajstić information content (AvgIpc) is 2.16. The first kappa shape index (κ1) is 12.2. The third-order valence-corrected chi connectivity index (χ3v) is 2.52. The van der Waals surface area contributed by atoms with E-state index in [-0.39, 0.29) is 12.2 Å². The molecule has 82 valence electrons. The summed E-state index contributed by atoms with van der Waals surface area (Å²) in [6.07, 6.45) is -0.706. The number of rotatable bonds is 4. The number of hydrogen-bond donors (Lipinski definition) is 1. The van der Waals surface area contributed by atoms with Crippen molar-refractivity contribution in [1.82, 2.24) is 0 Å². The molecular weight excluding hydrogens is 260 g/mol. The lowest BCUT2D eigenvalue weighted by atomic mass is 10.0. The van der Waals surface area contributed by atoms with Crippen LogP contribution in [0.25, 0.3) is 0 Å². The second-order valence-corrected chi connectivity index (χ2v) is 4.22. The summed E-state index contributed by atoms with van der Waals surface area (Å²) in [5.74, 6) is 0.538. The zero-order valence-electron chi connectivity index (χ0n) is 8.66. The summed E-state index contributed by atoms with van der Waals surface area (Å²) in [4.78, 5) is 10.9. The first-order valence-corrected chi connectivity index (χ1v) is 5.35. The van der Waals surface area contributed by atoms with Crippen molar-refractivity contribution in [2.75, 3.05) is 7.11 Å². The van der Waals surface area contributed by atoms with Crippen LogP contribution < -0.4 is 4.74 Å². The van der Waals surface area contributed by atoms with Crippen LogP contribution in [0.15, 0.2) is 22.7 Å². The molecule has 1 aromatic rings. The molecule has 0 radical (unpaired) electrons. The summed E-state index contributed by atoms with van der Waals surface area (Å²) in [7, 11) is 1.53. The first-order valence-electron chi connectivity index (χ1n) is 4.55. The number of ether oxygens (including phenoxy) is 1. The Balaban J connectivity index is 2.99. The van der Waals surface area contributed by atoms with Gasteiger partial charge in [-0.3, -0.25) is 4.79 Å². The van der Waals surface area contributed by atoms with Crippen molar-refractivity contribution in [3.63, 3.8) is 0 Å². The third-order valence-electron chi connectivity index (χ3n) is 2.03. The lowest BCUT2D eigenvalue weighted by Crippen LogP contribution is -2.05. The molecule has 0 aromatic heterocycles. The molecule has 0 saturated carbocycles. The Bertz CT molecular complexity index is 363. The summed E-state index contributed by atoms with van der Waals surface area (Å²) in [5, 5.41) is 9.81. The van der Waals surface area contributed by atoms with E-state index in [1.54, 1.807) is 12.1 Å². The summed E-state index contributed by atoms with van der Waals surface area (Å²) in [5.41, 5.74) is 0.627. The minimum atomic E-state index is -0.810. The zero-order valence-corrected chi connectivity index (χ0v) is 10.2. The Morgan fingerprint density at radius 2 is 2.27 bits per heavy atom. The molecule has 0 spiro atoms. The number of aliphatic hydroxyl groups excluding tert-OH is 1. The number of aliphatic hydroxyl groups is 1. The van der Waals surface area contributed by atoms with Crippen LogP contribution in [0.5, 0.6) is 5.75 Å². The molecule has 1 unspecified atom stereocenters. The van der Waals surface area contributed by atoms with Gasteiger partial charge in [0.15, 0.2) is 0 Å². The minimum absolute atomic E-state index is 0.0514. The van der Waals surface area contributed by atoms with Crippen LogP contribution in [0.2, 0.25) is 0 Å². The predicted molar refractivity (Wildman–Crippen MR) is 61.0 cm³/mol. The van der Waals surface area contributed by atoms with Crippen LogP contribution in [0, 0.1) is 0 Å². The molecule has 0 aliphatic heterocycles. The highest BCUT2D eigenvalue weighted by Crippen LogP contribution is 2.30. The van der Waals surface area contributed by atoms with Gasteiger partial charge in [-0.05, 0) is 25.1 Å². The summed E-state index contributed by atoms with van der Waals surface area (Å²) < 4.78 is 5.96. The van der Waals surface area contributed by atoms with Crippen LogP contribution in [-0.4, -0.2) is 18.0 Å². The van der Waals surface area contributed by atoms with Crippen LogP contribution >= 0.6 is 15.9 Å². The molecule has 3 nitrogen and oxygen atoms in total. The lowest BCUT2D eigenvalue weighted by Gasteiger charge is -2.13. The van der Waals surface area contributed by atoms with E-state index in [2.05, 4.69) is 15.9 Å². The highest BCUT2D eigenvalue weighted by Gasteiger charge is 2.15. The van der Waals surface area contributed by atoms with E-state index < -0.39 is 6.10 Å². The third kappa shape index (κ3) is 3.32. The number of Topliss-reactive ketones (excluding diaryl/α,β-unsaturated/α-hetero) is 1. The van der Waals surface area contributed by atoms with Gasteiger partial charge in [0, 0.05) is 16.5 Å². The molecule has 0 heterocycles. The number of hydrogen-bond acceptors (Lipinski definition) is 3. The van der Waals surface area contributed by atoms with E-state index in [4.69, 9.17) is 4.74 Å². The topological polar surface area (TPSA) is 46.5 Å². The summed E-state index contributed by atoms with van der Waals surface area (Å²) in [6.45, 7) is 1.45. The van der Waals surface area contributed by atoms with E-state index in [1.165, 1.54) is 14.0 Å². The normalized spacial score (nSPS) is 12.3. The maximum atomic E-state index is 10.9. The van der Waals surface area contributed by atoms with Crippen molar-refractivity contribution >= 4 is 21.7 Å². The fourth-order valence-electron chi connectivity index (χ4n) is 1.35. The largest absolute Gasteiger partial charge is 0.496 e. The van der Waals surface area contributed by atoms with E-state index in [0.29, 0.717) is 11.3 Å². The van der Waals surface area contributed by atoms with Gasteiger partial charge in [-0.15, -0.1) is 0 Å². The van der Waals surface area contributed by atoms with E-state index in [9.17, 15) is 9.90 Å². The van der Waals surface area contributed by atoms with E-state index in [0.717, 1.165) is 4.47 Å². The van der Waals surface area contributed by atoms with Gasteiger partial charge in [0.25, 0.3) is 0 Å². The highest BCUT2D eigenvalue weighted by atomic mass is 79.9. The predicted octanol–water partition coefficient (Wildman–Crippen LogP) is 2.47. The molecule has 4 heteroatoms. The Kier molecular flexibility index (Phi) is 4.29. The minimum Gasteiger partial charge on any atom is -0.496 e. The molecule has 15 heavy (non-hydrogen) atoms. The molecule has 0 saturated heterocycles. The van der Waals surface area contributed by atoms with Crippen molar-refractivity contribution in [2.45, 2.75) is 19.4 Å². The molecule has 0 amide bonds. The molecule has 0 aliphatic rings. The van der Waals surface area contributed by atoms with Crippen LogP contribution in [-0.2, 0) is 4.79 Å². The zero-order chi connectivity index (χ0) is 11.4. The standard InChI is InChI=1S/C11H13BrO3/c1-7(13)5-10(14)9-6-8(12)3-4-11(9)15-2/h3-4,6,10,14H,5H2,1-2H3. The van der Waals surface area contributed by atoms with Crippen LogP contribution in [0.3, 0.4) is 0 Å². The smallest absolute Gasteiger partial charge is 0.132 e. The number of halogens is 1. The lowest BCUT2D eigenvalue weighted by molar-refractivity contribution is -0.118. The fourth-order valence-corrected chi connectivity index (χ4v) is 1.73. The molecule has 0 fully saturated rings. The maximum absolute atomic E-state index is 10.9. The quantitative estimate of drug-likeness (QED) is 0.916. The molecule has 0 aliphatic carbocycles. The molecule has 1 aromatic carbocycles. The van der Waals surface area contributed by atoms with E-state index in [1.807, 2.05) is 6.07 Å². The van der Waals surface area contributed by atoms with Gasteiger partial charge in [-0.25, -0.2) is 0 Å². The Morgan fingerprint density at radius 3 is 2.80 bits per heavy atom. The second-order valence-electron chi connectivity index (χ2n) is 3.31. The number of carbonyl (C=O) groups is 1. The summed E-state index contributed by atoms with van der Waals surface area (Å²) >= 11 is 3.31. The van der Waals surface area contributed by atoms with Crippen LogP contribution in [0.4, 0.5) is 0 Å². The number of carbonyl (C=O) groups excluding carboxylic acids is 1. The number of benzene rings is 1. The van der Waals surface area contributed by atoms with Gasteiger partial charge in [0.2, 0.25) is 0 Å². The number of ketones is 1. The SMILES string of the molecule is COc1ccc(Br)cc1C(O)CC(C)=O. The van der Waals surface area contributed by atoms with Gasteiger partial charge < -0.3 is 9.84 Å². The molecular formula is C11H13BrO3. The van der Waals surface area contributed by atoms with E-state index >= 15 is 0 Å². The molecule has 1 rings (SSSR count). The van der Waals surface area contributed by atoms with Crippen molar-refractivity contribution in [3.8, 4) is 5.75 Å². The molecule has 1 N–H and O–H groups in total. The molecule has 1 atom stereocenters. The van der Waals surface area contributed by atoms with Crippen molar-refractivity contribution in [3.05, 3.63) is 28.2 Å². The highest BCUT2D eigenvalue weighted by molar-refractivity contribution is 9.10. The number of methoxy groups -OCH3 is 1. The Labute approximate surface area is 97.2 Å². The van der Waals surface area contributed by atoms with Crippen molar-refractivity contribution in [2.24, 2.45) is 0 Å². The van der Waals surface area contributed by atoms with Crippen molar-refractivity contribution < 1.29 is 14.6 Å².